The van der Waals surface area contributed by atoms with E-state index in [2.05, 4.69) is 10.3 Å². The molecule has 0 saturated heterocycles. The summed E-state index contributed by atoms with van der Waals surface area (Å²) < 4.78 is 51.3. The zero-order chi connectivity index (χ0) is 31.2. The number of alkyl halides is 3. The first-order valence-electron chi connectivity index (χ1n) is 14.4. The fraction of sp³-hybridized carbons (Fsp3) is 0.200. The molecule has 0 fully saturated rings. The number of fused-ring (bicyclic) bond motifs is 1. The molecule has 1 unspecified atom stereocenters. The van der Waals surface area contributed by atoms with Crippen LogP contribution < -0.4 is 14.8 Å². The molecule has 4 aromatic carbocycles. The molecule has 0 saturated carbocycles. The van der Waals surface area contributed by atoms with Crippen molar-refractivity contribution >= 4 is 17.2 Å². The third-order valence-corrected chi connectivity index (χ3v) is 8.27. The molecular weight excluding hydrogens is 599 g/mol. The summed E-state index contributed by atoms with van der Waals surface area (Å²) in [5, 5.41) is 5.54. The Morgan fingerprint density at radius 2 is 1.51 bits per heavy atom. The molecule has 1 aliphatic rings. The van der Waals surface area contributed by atoms with Crippen LogP contribution in [0.2, 0.25) is 0 Å². The molecule has 1 atom stereocenters. The van der Waals surface area contributed by atoms with Gasteiger partial charge < -0.3 is 14.8 Å². The molecule has 6 nitrogen and oxygen atoms in total. The molecule has 0 spiro atoms. The Labute approximate surface area is 263 Å². The zero-order valence-electron chi connectivity index (χ0n) is 24.2. The minimum atomic E-state index is -4.44. The standard InChI is InChI=1S/C35H30F3N3O3S/c36-35(37,38)28-13-7-10-25(16-28)19-41(20-26-14-15-31-32(18-26)44-23-43-31)21-33-39-30(22-45-33)34(42)40-29(27-11-5-2-6-12-27)17-24-8-3-1-4-9-24/h1-16,18,22,29H,17,19-21,23H2,(H,40,42). The third-order valence-electron chi connectivity index (χ3n) is 7.44. The lowest BCUT2D eigenvalue weighted by Gasteiger charge is -2.22. The van der Waals surface area contributed by atoms with Crippen molar-refractivity contribution in [1.82, 2.24) is 15.2 Å². The first kappa shape index (κ1) is 30.4. The van der Waals surface area contributed by atoms with E-state index in [0.717, 1.165) is 22.8 Å². The Kier molecular flexibility index (Phi) is 9.13. The van der Waals surface area contributed by atoms with Crippen molar-refractivity contribution in [2.45, 2.75) is 38.3 Å². The number of benzene rings is 4. The van der Waals surface area contributed by atoms with Crippen LogP contribution >= 0.6 is 11.3 Å². The van der Waals surface area contributed by atoms with Gasteiger partial charge >= 0.3 is 6.18 Å². The lowest BCUT2D eigenvalue weighted by atomic mass is 9.99. The molecule has 5 aromatic rings. The monoisotopic (exact) mass is 629 g/mol. The van der Waals surface area contributed by atoms with Crippen molar-refractivity contribution in [3.05, 3.63) is 147 Å². The van der Waals surface area contributed by atoms with Crippen LogP contribution in [0.25, 0.3) is 0 Å². The van der Waals surface area contributed by atoms with Crippen molar-refractivity contribution in [3.8, 4) is 11.5 Å². The highest BCUT2D eigenvalue weighted by atomic mass is 32.1. The summed E-state index contributed by atoms with van der Waals surface area (Å²) in [6, 6.07) is 30.4. The Hall–Kier alpha value is -4.67. The minimum Gasteiger partial charge on any atom is -0.454 e. The molecular formula is C35H30F3N3O3S. The number of aromatic nitrogens is 1. The molecule has 230 valence electrons. The fourth-order valence-corrected chi connectivity index (χ4v) is 6.08. The number of carbonyl (C=O) groups is 1. The van der Waals surface area contributed by atoms with Gasteiger partial charge in [0.05, 0.1) is 18.2 Å². The van der Waals surface area contributed by atoms with Gasteiger partial charge in [0.2, 0.25) is 6.79 Å². The summed E-state index contributed by atoms with van der Waals surface area (Å²) in [4.78, 5) is 20.1. The summed E-state index contributed by atoms with van der Waals surface area (Å²) in [7, 11) is 0. The van der Waals surface area contributed by atoms with E-state index in [0.29, 0.717) is 47.3 Å². The van der Waals surface area contributed by atoms with Gasteiger partial charge in [0.1, 0.15) is 10.7 Å². The number of hydrogen-bond donors (Lipinski definition) is 1. The van der Waals surface area contributed by atoms with E-state index in [9.17, 15) is 18.0 Å². The first-order valence-corrected chi connectivity index (χ1v) is 15.3. The van der Waals surface area contributed by atoms with Gasteiger partial charge in [-0.3, -0.25) is 9.69 Å². The second-order valence-electron chi connectivity index (χ2n) is 10.8. The van der Waals surface area contributed by atoms with Gasteiger partial charge in [-0.15, -0.1) is 11.3 Å². The van der Waals surface area contributed by atoms with Crippen molar-refractivity contribution in [2.75, 3.05) is 6.79 Å². The average molecular weight is 630 g/mol. The number of rotatable bonds is 11. The van der Waals surface area contributed by atoms with Crippen molar-refractivity contribution < 1.29 is 27.4 Å². The predicted octanol–water partition coefficient (Wildman–Crippen LogP) is 7.81. The maximum Gasteiger partial charge on any atom is 0.416 e. The summed E-state index contributed by atoms with van der Waals surface area (Å²) in [6.45, 7) is 1.13. The van der Waals surface area contributed by atoms with Crippen molar-refractivity contribution in [1.29, 1.82) is 0 Å². The molecule has 10 heteroatoms. The highest BCUT2D eigenvalue weighted by Gasteiger charge is 2.30. The normalized spacial score (nSPS) is 13.2. The molecule has 1 N–H and O–H groups in total. The summed E-state index contributed by atoms with van der Waals surface area (Å²) in [5.41, 5.74) is 3.12. The van der Waals surface area contributed by atoms with Gasteiger partial charge in [0, 0.05) is 18.5 Å². The topological polar surface area (TPSA) is 63.7 Å². The Bertz CT molecular complexity index is 1750. The Morgan fingerprint density at radius 3 is 2.27 bits per heavy atom. The molecule has 2 heterocycles. The van der Waals surface area contributed by atoms with E-state index < -0.39 is 11.7 Å². The van der Waals surface area contributed by atoms with E-state index >= 15 is 0 Å². The highest BCUT2D eigenvalue weighted by Crippen LogP contribution is 2.34. The number of carbonyl (C=O) groups excluding carboxylic acids is 1. The largest absolute Gasteiger partial charge is 0.454 e. The van der Waals surface area contributed by atoms with Crippen molar-refractivity contribution in [2.24, 2.45) is 0 Å². The van der Waals surface area contributed by atoms with E-state index in [4.69, 9.17) is 9.47 Å². The molecule has 1 aliphatic heterocycles. The molecule has 6 rings (SSSR count). The van der Waals surface area contributed by atoms with Gasteiger partial charge in [-0.2, -0.15) is 13.2 Å². The van der Waals surface area contributed by atoms with Gasteiger partial charge in [-0.05, 0) is 46.9 Å². The molecule has 45 heavy (non-hydrogen) atoms. The third kappa shape index (κ3) is 7.89. The Morgan fingerprint density at radius 1 is 0.822 bits per heavy atom. The van der Waals surface area contributed by atoms with E-state index in [1.54, 1.807) is 11.4 Å². The van der Waals surface area contributed by atoms with Crippen LogP contribution in [0.3, 0.4) is 0 Å². The molecule has 1 aromatic heterocycles. The number of nitrogens with one attached hydrogen (secondary N) is 1. The number of hydrogen-bond acceptors (Lipinski definition) is 6. The lowest BCUT2D eigenvalue weighted by molar-refractivity contribution is -0.137. The van der Waals surface area contributed by atoms with E-state index in [-0.39, 0.29) is 25.3 Å². The van der Waals surface area contributed by atoms with Crippen LogP contribution in [-0.2, 0) is 32.2 Å². The van der Waals surface area contributed by atoms with Gasteiger partial charge in [0.25, 0.3) is 5.91 Å². The lowest BCUT2D eigenvalue weighted by Crippen LogP contribution is -2.30. The quantitative estimate of drug-likeness (QED) is 0.162. The molecule has 0 radical (unpaired) electrons. The van der Waals surface area contributed by atoms with Gasteiger partial charge in [-0.25, -0.2) is 4.98 Å². The van der Waals surface area contributed by atoms with Crippen LogP contribution in [0.5, 0.6) is 11.5 Å². The molecule has 0 aliphatic carbocycles. The van der Waals surface area contributed by atoms with Crippen LogP contribution in [0, 0.1) is 0 Å². The number of amides is 1. The van der Waals surface area contributed by atoms with Crippen LogP contribution in [0.4, 0.5) is 13.2 Å². The van der Waals surface area contributed by atoms with E-state index in [1.165, 1.54) is 23.5 Å². The fourth-order valence-electron chi connectivity index (χ4n) is 5.27. The highest BCUT2D eigenvalue weighted by molar-refractivity contribution is 7.09. The summed E-state index contributed by atoms with van der Waals surface area (Å²) in [6.07, 6.45) is -3.82. The first-order chi connectivity index (χ1) is 21.8. The number of nitrogens with zero attached hydrogens (tertiary/aromatic N) is 2. The van der Waals surface area contributed by atoms with Gasteiger partial charge in [-0.1, -0.05) is 84.9 Å². The average Bonchev–Trinajstić information content (AvgIpc) is 3.71. The number of thiazole rings is 1. The van der Waals surface area contributed by atoms with Crippen molar-refractivity contribution in [3.63, 3.8) is 0 Å². The van der Waals surface area contributed by atoms with Crippen LogP contribution in [-0.4, -0.2) is 22.6 Å². The molecule has 1 amide bonds. The van der Waals surface area contributed by atoms with Crippen LogP contribution in [0.1, 0.15) is 49.4 Å². The smallest absolute Gasteiger partial charge is 0.416 e. The predicted molar refractivity (Wildman–Crippen MR) is 166 cm³/mol. The summed E-state index contributed by atoms with van der Waals surface area (Å²) >= 11 is 1.34. The minimum absolute atomic E-state index is 0.146. The zero-order valence-corrected chi connectivity index (χ0v) is 25.0. The maximum absolute atomic E-state index is 13.4. The number of halogens is 3. The summed E-state index contributed by atoms with van der Waals surface area (Å²) in [5.74, 6) is 0.991. The maximum atomic E-state index is 13.4. The SMILES string of the molecule is O=C(NC(Cc1ccccc1)c1ccccc1)c1csc(CN(Cc2cccc(C(F)(F)F)c2)Cc2ccc3c(c2)OCO3)n1. The second kappa shape index (κ2) is 13.5. The second-order valence-corrected chi connectivity index (χ2v) is 11.7. The Balaban J connectivity index is 1.20. The van der Waals surface area contributed by atoms with Crippen LogP contribution in [0.15, 0.2) is 109 Å². The van der Waals surface area contributed by atoms with E-state index in [1.807, 2.05) is 83.8 Å². The van der Waals surface area contributed by atoms with Gasteiger partial charge in [0.15, 0.2) is 11.5 Å². The molecule has 0 bridgehead atoms. The number of ether oxygens (including phenoxy) is 2.